The standard InChI is InChI=1S/C9H11BrN2O/c1-6-3-4-8(10)9(5-6)12(11)7(2)13/h3-5H,11H2,1-2H3. The summed E-state index contributed by atoms with van der Waals surface area (Å²) in [6, 6.07) is 5.67. The van der Waals surface area contributed by atoms with Gasteiger partial charge < -0.3 is 0 Å². The Morgan fingerprint density at radius 2 is 2.15 bits per heavy atom. The number of amides is 1. The molecule has 0 aliphatic carbocycles. The maximum Gasteiger partial charge on any atom is 0.238 e. The van der Waals surface area contributed by atoms with Crippen molar-refractivity contribution in [2.75, 3.05) is 5.01 Å². The highest BCUT2D eigenvalue weighted by molar-refractivity contribution is 9.10. The van der Waals surface area contributed by atoms with Gasteiger partial charge in [0.1, 0.15) is 0 Å². The number of rotatable bonds is 1. The van der Waals surface area contributed by atoms with E-state index < -0.39 is 0 Å². The summed E-state index contributed by atoms with van der Waals surface area (Å²) in [5.41, 5.74) is 1.75. The van der Waals surface area contributed by atoms with Crippen molar-refractivity contribution < 1.29 is 4.79 Å². The number of halogens is 1. The normalized spacial score (nSPS) is 9.85. The third-order valence-electron chi connectivity index (χ3n) is 1.70. The molecule has 0 atom stereocenters. The van der Waals surface area contributed by atoms with E-state index in [1.165, 1.54) is 6.92 Å². The van der Waals surface area contributed by atoms with Crippen molar-refractivity contribution in [2.24, 2.45) is 5.84 Å². The first-order valence-corrected chi connectivity index (χ1v) is 4.63. The monoisotopic (exact) mass is 242 g/mol. The number of hydrazine groups is 1. The van der Waals surface area contributed by atoms with Gasteiger partial charge in [0.25, 0.3) is 0 Å². The highest BCUT2D eigenvalue weighted by Crippen LogP contribution is 2.25. The summed E-state index contributed by atoms with van der Waals surface area (Å²) in [5.74, 6) is 5.37. The molecular weight excluding hydrogens is 232 g/mol. The Morgan fingerprint density at radius 1 is 1.54 bits per heavy atom. The van der Waals surface area contributed by atoms with Crippen molar-refractivity contribution >= 4 is 27.5 Å². The number of hydrogen-bond donors (Lipinski definition) is 1. The van der Waals surface area contributed by atoms with E-state index >= 15 is 0 Å². The molecule has 1 aromatic rings. The van der Waals surface area contributed by atoms with Gasteiger partial charge in [0.05, 0.1) is 5.69 Å². The minimum atomic E-state index is -0.189. The number of anilines is 1. The molecule has 70 valence electrons. The molecule has 2 N–H and O–H groups in total. The Bertz CT molecular complexity index is 338. The van der Waals surface area contributed by atoms with E-state index in [0.29, 0.717) is 5.69 Å². The zero-order valence-electron chi connectivity index (χ0n) is 7.54. The lowest BCUT2D eigenvalue weighted by molar-refractivity contribution is -0.116. The van der Waals surface area contributed by atoms with Gasteiger partial charge in [0.2, 0.25) is 5.91 Å². The minimum absolute atomic E-state index is 0.189. The van der Waals surface area contributed by atoms with Crippen LogP contribution in [0.25, 0.3) is 0 Å². The highest BCUT2D eigenvalue weighted by atomic mass is 79.9. The maximum atomic E-state index is 11.0. The summed E-state index contributed by atoms with van der Waals surface area (Å²) in [6.45, 7) is 3.37. The molecule has 0 aliphatic rings. The zero-order chi connectivity index (χ0) is 10.0. The van der Waals surface area contributed by atoms with Crippen LogP contribution in [0, 0.1) is 6.92 Å². The number of aryl methyl sites for hydroxylation is 1. The van der Waals surface area contributed by atoms with E-state index in [9.17, 15) is 4.79 Å². The third-order valence-corrected chi connectivity index (χ3v) is 2.37. The summed E-state index contributed by atoms with van der Waals surface area (Å²) < 4.78 is 0.816. The molecule has 0 aromatic heterocycles. The predicted octanol–water partition coefficient (Wildman–Crippen LogP) is 1.98. The number of hydrogen-bond acceptors (Lipinski definition) is 2. The van der Waals surface area contributed by atoms with Crippen molar-refractivity contribution in [2.45, 2.75) is 13.8 Å². The fraction of sp³-hybridized carbons (Fsp3) is 0.222. The van der Waals surface area contributed by atoms with Crippen molar-refractivity contribution in [1.82, 2.24) is 0 Å². The Hall–Kier alpha value is -0.870. The van der Waals surface area contributed by atoms with Crippen LogP contribution in [0.3, 0.4) is 0 Å². The quantitative estimate of drug-likeness (QED) is 0.465. The fourth-order valence-corrected chi connectivity index (χ4v) is 1.41. The van der Waals surface area contributed by atoms with Crippen LogP contribution in [-0.4, -0.2) is 5.91 Å². The molecule has 0 fully saturated rings. The van der Waals surface area contributed by atoms with Gasteiger partial charge in [0.15, 0.2) is 0 Å². The largest absolute Gasteiger partial charge is 0.273 e. The molecular formula is C9H11BrN2O. The van der Waals surface area contributed by atoms with Crippen LogP contribution in [0.5, 0.6) is 0 Å². The average molecular weight is 243 g/mol. The van der Waals surface area contributed by atoms with Gasteiger partial charge in [-0.2, -0.15) is 0 Å². The third kappa shape index (κ3) is 2.29. The first-order chi connectivity index (χ1) is 6.02. The fourth-order valence-electron chi connectivity index (χ4n) is 0.977. The van der Waals surface area contributed by atoms with Gasteiger partial charge in [-0.15, -0.1) is 0 Å². The van der Waals surface area contributed by atoms with Crippen molar-refractivity contribution in [1.29, 1.82) is 0 Å². The first kappa shape index (κ1) is 10.2. The minimum Gasteiger partial charge on any atom is -0.273 e. The van der Waals surface area contributed by atoms with Gasteiger partial charge in [-0.25, -0.2) is 10.9 Å². The van der Waals surface area contributed by atoms with Crippen molar-refractivity contribution in [3.8, 4) is 0 Å². The molecule has 3 nitrogen and oxygen atoms in total. The molecule has 0 radical (unpaired) electrons. The summed E-state index contributed by atoms with van der Waals surface area (Å²) in [6.07, 6.45) is 0. The number of carbonyl (C=O) groups excluding carboxylic acids is 1. The van der Waals surface area contributed by atoms with E-state index in [0.717, 1.165) is 15.0 Å². The van der Waals surface area contributed by atoms with Crippen LogP contribution in [0.2, 0.25) is 0 Å². The van der Waals surface area contributed by atoms with E-state index in [4.69, 9.17) is 5.84 Å². The van der Waals surface area contributed by atoms with Crippen molar-refractivity contribution in [3.63, 3.8) is 0 Å². The molecule has 0 bridgehead atoms. The van der Waals surface area contributed by atoms with Gasteiger partial charge in [-0.3, -0.25) is 4.79 Å². The predicted molar refractivity (Wildman–Crippen MR) is 56.2 cm³/mol. The number of nitrogens with zero attached hydrogens (tertiary/aromatic N) is 1. The SMILES string of the molecule is CC(=O)N(N)c1cc(C)ccc1Br. The number of carbonyl (C=O) groups is 1. The van der Waals surface area contributed by atoms with Crippen LogP contribution < -0.4 is 10.9 Å². The Labute approximate surface area is 85.6 Å². The number of nitrogens with two attached hydrogens (primary N) is 1. The Balaban J connectivity index is 3.12. The topological polar surface area (TPSA) is 46.3 Å². The van der Waals surface area contributed by atoms with Crippen LogP contribution >= 0.6 is 15.9 Å². The van der Waals surface area contributed by atoms with Gasteiger partial charge in [-0.1, -0.05) is 6.07 Å². The van der Waals surface area contributed by atoms with E-state index in [1.807, 2.05) is 25.1 Å². The molecule has 1 aromatic carbocycles. The van der Waals surface area contributed by atoms with Crippen molar-refractivity contribution in [3.05, 3.63) is 28.2 Å². The molecule has 0 spiro atoms. The second-order valence-corrected chi connectivity index (χ2v) is 3.70. The van der Waals surface area contributed by atoms with Crippen LogP contribution in [0.1, 0.15) is 12.5 Å². The molecule has 0 saturated heterocycles. The lowest BCUT2D eigenvalue weighted by atomic mass is 10.2. The average Bonchev–Trinajstić information content (AvgIpc) is 2.08. The van der Waals surface area contributed by atoms with Crippen LogP contribution in [-0.2, 0) is 4.79 Å². The van der Waals surface area contributed by atoms with Gasteiger partial charge in [-0.05, 0) is 40.5 Å². The lowest BCUT2D eigenvalue weighted by Crippen LogP contribution is -2.35. The van der Waals surface area contributed by atoms with E-state index in [2.05, 4.69) is 15.9 Å². The van der Waals surface area contributed by atoms with Gasteiger partial charge >= 0.3 is 0 Å². The number of benzene rings is 1. The zero-order valence-corrected chi connectivity index (χ0v) is 9.13. The summed E-state index contributed by atoms with van der Waals surface area (Å²) in [4.78, 5) is 11.0. The van der Waals surface area contributed by atoms with Crippen LogP contribution in [0.15, 0.2) is 22.7 Å². The summed E-state index contributed by atoms with van der Waals surface area (Å²) in [7, 11) is 0. The van der Waals surface area contributed by atoms with E-state index in [1.54, 1.807) is 0 Å². The van der Waals surface area contributed by atoms with E-state index in [-0.39, 0.29) is 5.91 Å². The van der Waals surface area contributed by atoms with Gasteiger partial charge in [0, 0.05) is 11.4 Å². The Kier molecular flexibility index (Phi) is 3.06. The highest BCUT2D eigenvalue weighted by Gasteiger charge is 2.09. The molecule has 1 rings (SSSR count). The summed E-state index contributed by atoms with van der Waals surface area (Å²) in [5, 5.41) is 1.12. The molecule has 0 unspecified atom stereocenters. The second-order valence-electron chi connectivity index (χ2n) is 2.84. The smallest absolute Gasteiger partial charge is 0.238 e. The summed E-state index contributed by atoms with van der Waals surface area (Å²) >= 11 is 3.33. The van der Waals surface area contributed by atoms with Crippen LogP contribution in [0.4, 0.5) is 5.69 Å². The molecule has 4 heteroatoms. The molecule has 0 aliphatic heterocycles. The molecule has 0 saturated carbocycles. The molecule has 0 heterocycles. The molecule has 13 heavy (non-hydrogen) atoms. The maximum absolute atomic E-state index is 11.0. The first-order valence-electron chi connectivity index (χ1n) is 3.84. The Morgan fingerprint density at radius 3 is 2.69 bits per heavy atom. The lowest BCUT2D eigenvalue weighted by Gasteiger charge is -2.16. The second kappa shape index (κ2) is 3.89. The molecule has 1 amide bonds.